The lowest BCUT2D eigenvalue weighted by molar-refractivity contribution is -0.104. The van der Waals surface area contributed by atoms with Crippen LogP contribution in [-0.2, 0) is 4.79 Å². The Labute approximate surface area is 200 Å². The van der Waals surface area contributed by atoms with E-state index in [2.05, 4.69) is 31.0 Å². The van der Waals surface area contributed by atoms with Crippen LogP contribution in [0.15, 0.2) is 54.6 Å². The maximum absolute atomic E-state index is 13.1. The quantitative estimate of drug-likeness (QED) is 0.215. The number of allylic oxidation sites excluding steroid dienone is 3. The van der Waals surface area contributed by atoms with E-state index in [0.717, 1.165) is 6.29 Å². The van der Waals surface area contributed by atoms with Crippen LogP contribution in [0.5, 0.6) is 0 Å². The molecule has 3 aromatic rings. The third-order valence-corrected chi connectivity index (χ3v) is 4.77. The second kappa shape index (κ2) is 11.5. The highest BCUT2D eigenvalue weighted by Gasteiger charge is 2.17. The molecule has 0 aliphatic carbocycles. The zero-order valence-corrected chi connectivity index (χ0v) is 19.4. The molecule has 3 N–H and O–H groups in total. The van der Waals surface area contributed by atoms with E-state index in [1.807, 2.05) is 0 Å². The van der Waals surface area contributed by atoms with Crippen LogP contribution < -0.4 is 20.9 Å². The summed E-state index contributed by atoms with van der Waals surface area (Å²) in [5.41, 5.74) is 1.75. The fraction of sp³-hybridized carbons (Fsp3) is 0.217. The molecule has 1 atom stereocenters. The van der Waals surface area contributed by atoms with Crippen molar-refractivity contribution >= 4 is 41.4 Å². The van der Waals surface area contributed by atoms with E-state index in [0.29, 0.717) is 29.0 Å². The molecule has 0 aromatic carbocycles. The lowest BCUT2D eigenvalue weighted by Crippen LogP contribution is -2.30. The van der Waals surface area contributed by atoms with Gasteiger partial charge in [-0.3, -0.25) is 14.4 Å². The molecule has 182 valence electrons. The first-order valence-corrected chi connectivity index (χ1v) is 10.6. The normalized spacial score (nSPS) is 12.4. The van der Waals surface area contributed by atoms with Crippen LogP contribution in [0, 0.1) is 0 Å². The molecule has 3 heterocycles. The van der Waals surface area contributed by atoms with Crippen molar-refractivity contribution in [3.05, 3.63) is 65.9 Å². The number of nitrogens with zero attached hydrogens (tertiary/aromatic N) is 5. The summed E-state index contributed by atoms with van der Waals surface area (Å²) < 4.78 is 14.4. The summed E-state index contributed by atoms with van der Waals surface area (Å²) in [5.74, 6) is 0.296. The monoisotopic (exact) mass is 480 g/mol. The first-order chi connectivity index (χ1) is 16.9. The molecule has 11 nitrogen and oxygen atoms in total. The van der Waals surface area contributed by atoms with Crippen molar-refractivity contribution < 1.29 is 18.8 Å². The minimum absolute atomic E-state index is 0.115. The van der Waals surface area contributed by atoms with E-state index in [1.54, 1.807) is 49.5 Å². The Balaban J connectivity index is 1.83. The van der Waals surface area contributed by atoms with Gasteiger partial charge in [-0.15, -0.1) is 5.10 Å². The molecule has 0 aliphatic heterocycles. The predicted molar refractivity (Wildman–Crippen MR) is 130 cm³/mol. The number of alkyl halides is 1. The number of hydrogen-bond donors (Lipinski definition) is 3. The molecule has 0 radical (unpaired) electrons. The number of rotatable bonds is 11. The number of carbonyl (C=O) groups excluding carboxylic acids is 3. The van der Waals surface area contributed by atoms with Crippen LogP contribution in [0.3, 0.4) is 0 Å². The molecule has 0 fully saturated rings. The van der Waals surface area contributed by atoms with Crippen molar-refractivity contribution in [2.45, 2.75) is 13.1 Å². The molecule has 1 amide bonds. The molecular weight excluding hydrogens is 455 g/mol. The van der Waals surface area contributed by atoms with Gasteiger partial charge in [0.2, 0.25) is 0 Å². The Morgan fingerprint density at radius 2 is 2.09 bits per heavy atom. The van der Waals surface area contributed by atoms with E-state index < -0.39 is 12.1 Å². The Morgan fingerprint density at radius 3 is 2.77 bits per heavy atom. The first-order valence-electron chi connectivity index (χ1n) is 10.6. The van der Waals surface area contributed by atoms with Gasteiger partial charge >= 0.3 is 0 Å². The molecule has 3 rings (SSSR count). The van der Waals surface area contributed by atoms with Crippen molar-refractivity contribution in [1.82, 2.24) is 24.9 Å². The largest absolute Gasteiger partial charge is 0.385 e. The third-order valence-electron chi connectivity index (χ3n) is 4.77. The fourth-order valence-corrected chi connectivity index (χ4v) is 3.00. The van der Waals surface area contributed by atoms with E-state index in [9.17, 15) is 18.8 Å². The number of imidazole rings is 1. The Hall–Kier alpha value is -4.61. The van der Waals surface area contributed by atoms with E-state index >= 15 is 0 Å². The predicted octanol–water partition coefficient (Wildman–Crippen LogP) is 2.21. The number of amides is 1. The smallest absolute Gasteiger partial charge is 0.271 e. The van der Waals surface area contributed by atoms with Gasteiger partial charge in [-0.25, -0.2) is 18.9 Å². The standard InChI is InChI=1S/C23H25FN8O3/c1-15(24)11-28-23(35)19-12-27-22-18(25-2)10-20(30-32(19)22)29-17(14-34)5-4-8-31(3)21-9-16(13-33)6-7-26-21/h4-10,12-15,25H,11H2,1-3H3,(H,28,35)(H,29,30)/b8-4-,17-5+. The number of fused-ring (bicyclic) bond motifs is 1. The number of nitrogens with one attached hydrogen (secondary N) is 3. The van der Waals surface area contributed by atoms with E-state index in [4.69, 9.17) is 0 Å². The molecule has 35 heavy (non-hydrogen) atoms. The zero-order chi connectivity index (χ0) is 25.4. The summed E-state index contributed by atoms with van der Waals surface area (Å²) >= 11 is 0. The lowest BCUT2D eigenvalue weighted by Gasteiger charge is -2.12. The molecule has 12 heteroatoms. The van der Waals surface area contributed by atoms with Gasteiger partial charge < -0.3 is 20.9 Å². The number of halogens is 1. The van der Waals surface area contributed by atoms with Crippen molar-refractivity contribution in [3.63, 3.8) is 0 Å². The number of aromatic nitrogens is 4. The van der Waals surface area contributed by atoms with Gasteiger partial charge in [-0.2, -0.15) is 0 Å². The van der Waals surface area contributed by atoms with Crippen LogP contribution >= 0.6 is 0 Å². The maximum atomic E-state index is 13.1. The summed E-state index contributed by atoms with van der Waals surface area (Å²) in [6.45, 7) is 1.20. The van der Waals surface area contributed by atoms with Crippen molar-refractivity contribution in [3.8, 4) is 0 Å². The molecular formula is C23H25FN8O3. The van der Waals surface area contributed by atoms with Crippen LogP contribution in [0.25, 0.3) is 5.65 Å². The van der Waals surface area contributed by atoms with Crippen LogP contribution in [-0.4, -0.2) is 64.9 Å². The summed E-state index contributed by atoms with van der Waals surface area (Å²) in [4.78, 5) is 45.1. The van der Waals surface area contributed by atoms with Gasteiger partial charge in [0.05, 0.1) is 17.6 Å². The van der Waals surface area contributed by atoms with Gasteiger partial charge in [0, 0.05) is 44.7 Å². The van der Waals surface area contributed by atoms with Gasteiger partial charge in [0.15, 0.2) is 23.4 Å². The second-order valence-corrected chi connectivity index (χ2v) is 7.45. The maximum Gasteiger partial charge on any atom is 0.271 e. The van der Waals surface area contributed by atoms with Crippen LogP contribution in [0.2, 0.25) is 0 Å². The summed E-state index contributed by atoms with van der Waals surface area (Å²) in [6.07, 6.45) is 7.84. The van der Waals surface area contributed by atoms with Crippen LogP contribution in [0.4, 0.5) is 21.7 Å². The number of hydrogen-bond acceptors (Lipinski definition) is 9. The number of aldehydes is 2. The lowest BCUT2D eigenvalue weighted by atomic mass is 10.3. The van der Waals surface area contributed by atoms with Crippen molar-refractivity contribution in [2.75, 3.05) is 36.2 Å². The highest BCUT2D eigenvalue weighted by Crippen LogP contribution is 2.21. The molecule has 0 spiro atoms. The molecule has 0 saturated carbocycles. The van der Waals surface area contributed by atoms with E-state index in [1.165, 1.54) is 29.9 Å². The van der Waals surface area contributed by atoms with Gasteiger partial charge in [-0.1, -0.05) is 0 Å². The van der Waals surface area contributed by atoms with Crippen molar-refractivity contribution in [1.29, 1.82) is 0 Å². The third kappa shape index (κ3) is 6.25. The van der Waals surface area contributed by atoms with Gasteiger partial charge in [-0.05, 0) is 31.2 Å². The number of anilines is 3. The summed E-state index contributed by atoms with van der Waals surface area (Å²) in [6, 6.07) is 4.86. The summed E-state index contributed by atoms with van der Waals surface area (Å²) in [7, 11) is 3.43. The van der Waals surface area contributed by atoms with Gasteiger partial charge in [0.25, 0.3) is 5.91 Å². The van der Waals surface area contributed by atoms with Crippen LogP contribution in [0.1, 0.15) is 27.8 Å². The molecule has 3 aromatic heterocycles. The summed E-state index contributed by atoms with van der Waals surface area (Å²) in [5, 5.41) is 12.7. The average Bonchev–Trinajstić information content (AvgIpc) is 3.30. The number of pyridine rings is 1. The highest BCUT2D eigenvalue weighted by molar-refractivity contribution is 5.94. The van der Waals surface area contributed by atoms with Crippen molar-refractivity contribution in [2.24, 2.45) is 0 Å². The Bertz CT molecular complexity index is 1290. The van der Waals surface area contributed by atoms with E-state index in [-0.39, 0.29) is 23.8 Å². The average molecular weight is 481 g/mol. The fourth-order valence-electron chi connectivity index (χ4n) is 3.00. The molecule has 1 unspecified atom stereocenters. The zero-order valence-electron chi connectivity index (χ0n) is 19.4. The minimum Gasteiger partial charge on any atom is -0.385 e. The molecule has 0 saturated heterocycles. The number of carbonyl (C=O) groups is 3. The first kappa shape index (κ1) is 25.0. The SMILES string of the molecule is CNc1cc(N/C(C=O)=C/C=C\N(C)c2cc(C=O)ccn2)nn2c(C(=O)NCC(C)F)cnc12. The Morgan fingerprint density at radius 1 is 1.29 bits per heavy atom. The Kier molecular flexibility index (Phi) is 8.22. The topological polar surface area (TPSA) is 134 Å². The molecule has 0 bridgehead atoms. The minimum atomic E-state index is -1.20. The highest BCUT2D eigenvalue weighted by atomic mass is 19.1. The van der Waals surface area contributed by atoms with Gasteiger partial charge in [0.1, 0.15) is 18.3 Å². The molecule has 0 aliphatic rings. The second-order valence-electron chi connectivity index (χ2n) is 7.45.